The first-order valence-corrected chi connectivity index (χ1v) is 12.5. The Morgan fingerprint density at radius 1 is 1.13 bits per heavy atom. The first-order chi connectivity index (χ1) is 10.9. The van der Waals surface area contributed by atoms with E-state index in [-0.39, 0.29) is 12.4 Å². The predicted molar refractivity (Wildman–Crippen MR) is 97.3 cm³/mol. The van der Waals surface area contributed by atoms with Crippen molar-refractivity contribution in [2.75, 3.05) is 13.2 Å². The van der Waals surface area contributed by atoms with Crippen molar-refractivity contribution < 1.29 is 14.2 Å². The quantitative estimate of drug-likeness (QED) is 0.483. The van der Waals surface area contributed by atoms with Gasteiger partial charge in [-0.2, -0.15) is 0 Å². The van der Waals surface area contributed by atoms with Crippen molar-refractivity contribution in [3.05, 3.63) is 35.9 Å². The topological polar surface area (TPSA) is 27.7 Å². The van der Waals surface area contributed by atoms with Gasteiger partial charge in [-0.05, 0) is 23.9 Å². The summed E-state index contributed by atoms with van der Waals surface area (Å²) in [6, 6.07) is 11.5. The fourth-order valence-corrected chi connectivity index (χ4v) is 3.49. The maximum atomic E-state index is 6.05. The largest absolute Gasteiger partial charge is 0.377 e. The number of ether oxygens (including phenoxy) is 3. The van der Waals surface area contributed by atoms with Crippen molar-refractivity contribution in [1.82, 2.24) is 0 Å². The van der Waals surface area contributed by atoms with Crippen LogP contribution in [0.4, 0.5) is 0 Å². The highest BCUT2D eigenvalue weighted by Gasteiger charge is 2.32. The van der Waals surface area contributed by atoms with E-state index in [0.717, 1.165) is 26.1 Å². The van der Waals surface area contributed by atoms with Gasteiger partial charge in [-0.3, -0.25) is 0 Å². The van der Waals surface area contributed by atoms with Crippen molar-refractivity contribution >= 4 is 8.07 Å². The Labute approximate surface area is 142 Å². The normalized spacial score (nSPS) is 25.0. The highest BCUT2D eigenvalue weighted by Crippen LogP contribution is 2.29. The molecule has 23 heavy (non-hydrogen) atoms. The lowest BCUT2D eigenvalue weighted by Crippen LogP contribution is -2.24. The molecular weight excluding hydrogens is 304 g/mol. The first-order valence-electron chi connectivity index (χ1n) is 8.83. The molecule has 1 aliphatic heterocycles. The van der Waals surface area contributed by atoms with Gasteiger partial charge in [-0.1, -0.05) is 56.9 Å². The Balaban J connectivity index is 1.60. The Morgan fingerprint density at radius 2 is 1.87 bits per heavy atom. The zero-order valence-corrected chi connectivity index (χ0v) is 16.1. The molecule has 3 atom stereocenters. The SMILES string of the molecule is C[C@H]1C[C@H](OCC[Si](C)(C)C)O[C@H]1CCOCc1ccccc1. The smallest absolute Gasteiger partial charge is 0.158 e. The predicted octanol–water partition coefficient (Wildman–Crippen LogP) is 4.70. The van der Waals surface area contributed by atoms with Crippen LogP contribution in [0.5, 0.6) is 0 Å². The van der Waals surface area contributed by atoms with E-state index in [2.05, 4.69) is 38.7 Å². The Morgan fingerprint density at radius 3 is 2.57 bits per heavy atom. The molecule has 0 radical (unpaired) electrons. The van der Waals surface area contributed by atoms with Crippen LogP contribution < -0.4 is 0 Å². The molecule has 1 heterocycles. The molecule has 0 aliphatic carbocycles. The molecule has 0 bridgehead atoms. The maximum Gasteiger partial charge on any atom is 0.158 e. The van der Waals surface area contributed by atoms with Crippen LogP contribution in [0, 0.1) is 5.92 Å². The summed E-state index contributed by atoms with van der Waals surface area (Å²) >= 11 is 0. The van der Waals surface area contributed by atoms with E-state index in [0.29, 0.717) is 12.5 Å². The third-order valence-corrected chi connectivity index (χ3v) is 6.04. The highest BCUT2D eigenvalue weighted by molar-refractivity contribution is 6.76. The second kappa shape index (κ2) is 8.97. The molecule has 2 rings (SSSR count). The Bertz CT molecular complexity index is 444. The van der Waals surface area contributed by atoms with Crippen LogP contribution in [0.1, 0.15) is 25.3 Å². The molecule has 3 nitrogen and oxygen atoms in total. The lowest BCUT2D eigenvalue weighted by molar-refractivity contribution is -0.134. The third kappa shape index (κ3) is 7.17. The molecule has 0 aromatic heterocycles. The summed E-state index contributed by atoms with van der Waals surface area (Å²) in [5.41, 5.74) is 1.22. The molecule has 0 spiro atoms. The minimum Gasteiger partial charge on any atom is -0.377 e. The van der Waals surface area contributed by atoms with Gasteiger partial charge in [-0.15, -0.1) is 0 Å². The van der Waals surface area contributed by atoms with Crippen LogP contribution in [0.15, 0.2) is 30.3 Å². The molecule has 0 amide bonds. The molecule has 1 aliphatic rings. The van der Waals surface area contributed by atoms with Crippen LogP contribution >= 0.6 is 0 Å². The van der Waals surface area contributed by atoms with Gasteiger partial charge in [0.05, 0.1) is 12.7 Å². The average molecular weight is 337 g/mol. The molecule has 0 unspecified atom stereocenters. The van der Waals surface area contributed by atoms with E-state index in [1.54, 1.807) is 0 Å². The minimum atomic E-state index is -1.02. The van der Waals surface area contributed by atoms with E-state index in [9.17, 15) is 0 Å². The van der Waals surface area contributed by atoms with Gasteiger partial charge in [0.1, 0.15) is 0 Å². The molecular formula is C19H32O3Si. The van der Waals surface area contributed by atoms with Crippen molar-refractivity contribution in [2.45, 2.75) is 64.5 Å². The summed E-state index contributed by atoms with van der Waals surface area (Å²) in [5.74, 6) is 0.548. The number of hydrogen-bond acceptors (Lipinski definition) is 3. The standard InChI is InChI=1S/C19H32O3Si/c1-16-14-19(21-12-13-23(2,3)4)22-18(16)10-11-20-15-17-8-6-5-7-9-17/h5-9,16,18-19H,10-15H2,1-4H3/t16-,18-,19+/m0/s1. The van der Waals surface area contributed by atoms with Crippen LogP contribution in [0.3, 0.4) is 0 Å². The highest BCUT2D eigenvalue weighted by atomic mass is 28.3. The van der Waals surface area contributed by atoms with Crippen molar-refractivity contribution in [2.24, 2.45) is 5.92 Å². The van der Waals surface area contributed by atoms with Gasteiger partial charge >= 0.3 is 0 Å². The lowest BCUT2D eigenvalue weighted by Gasteiger charge is -2.19. The van der Waals surface area contributed by atoms with Crippen LogP contribution in [0.2, 0.25) is 25.7 Å². The van der Waals surface area contributed by atoms with Gasteiger partial charge < -0.3 is 14.2 Å². The van der Waals surface area contributed by atoms with Gasteiger partial charge in [0, 0.05) is 27.7 Å². The summed E-state index contributed by atoms with van der Waals surface area (Å²) < 4.78 is 17.8. The van der Waals surface area contributed by atoms with Crippen molar-refractivity contribution in [1.29, 1.82) is 0 Å². The van der Waals surface area contributed by atoms with Crippen molar-refractivity contribution in [3.63, 3.8) is 0 Å². The fourth-order valence-electron chi connectivity index (χ4n) is 2.76. The summed E-state index contributed by atoms with van der Waals surface area (Å²) in [4.78, 5) is 0. The van der Waals surface area contributed by atoms with Gasteiger partial charge in [0.15, 0.2) is 6.29 Å². The summed E-state index contributed by atoms with van der Waals surface area (Å²) in [5, 5.41) is 0. The number of hydrogen-bond donors (Lipinski definition) is 0. The summed E-state index contributed by atoms with van der Waals surface area (Å²) in [7, 11) is -1.02. The fraction of sp³-hybridized carbons (Fsp3) is 0.684. The Hall–Kier alpha value is -0.683. The first kappa shape index (κ1) is 18.7. The van der Waals surface area contributed by atoms with E-state index in [4.69, 9.17) is 14.2 Å². The zero-order valence-electron chi connectivity index (χ0n) is 15.1. The van der Waals surface area contributed by atoms with Gasteiger partial charge in [0.25, 0.3) is 0 Å². The number of rotatable bonds is 9. The Kier molecular flexibility index (Phi) is 7.28. The summed E-state index contributed by atoms with van der Waals surface area (Å²) in [6.07, 6.45) is 2.21. The molecule has 130 valence electrons. The molecule has 1 aromatic rings. The average Bonchev–Trinajstić information content (AvgIpc) is 2.84. The van der Waals surface area contributed by atoms with E-state index in [1.165, 1.54) is 11.6 Å². The summed E-state index contributed by atoms with van der Waals surface area (Å²) in [6.45, 7) is 11.6. The van der Waals surface area contributed by atoms with E-state index < -0.39 is 8.07 Å². The van der Waals surface area contributed by atoms with Crippen LogP contribution in [0.25, 0.3) is 0 Å². The van der Waals surface area contributed by atoms with Gasteiger partial charge in [-0.25, -0.2) is 0 Å². The molecule has 1 aromatic carbocycles. The molecule has 0 N–H and O–H groups in total. The number of benzene rings is 1. The van der Waals surface area contributed by atoms with Crippen LogP contribution in [-0.2, 0) is 20.8 Å². The molecule has 4 heteroatoms. The second-order valence-corrected chi connectivity index (χ2v) is 13.4. The third-order valence-electron chi connectivity index (χ3n) is 4.34. The lowest BCUT2D eigenvalue weighted by atomic mass is 10.0. The molecule has 0 saturated carbocycles. The van der Waals surface area contributed by atoms with E-state index in [1.807, 2.05) is 18.2 Å². The maximum absolute atomic E-state index is 6.05. The van der Waals surface area contributed by atoms with Crippen molar-refractivity contribution in [3.8, 4) is 0 Å². The second-order valence-electron chi connectivity index (χ2n) is 7.83. The molecule has 1 fully saturated rings. The monoisotopic (exact) mass is 336 g/mol. The van der Waals surface area contributed by atoms with Crippen LogP contribution in [-0.4, -0.2) is 33.7 Å². The minimum absolute atomic E-state index is 0.0135. The molecule has 1 saturated heterocycles. The van der Waals surface area contributed by atoms with Gasteiger partial charge in [0.2, 0.25) is 0 Å². The van der Waals surface area contributed by atoms with E-state index >= 15 is 0 Å². The zero-order chi connectivity index (χ0) is 16.7.